The molecule has 11 fully saturated rings. The topological polar surface area (TPSA) is 208 Å². The number of rotatable bonds is 18. The van der Waals surface area contributed by atoms with Gasteiger partial charge in [0.05, 0.1) is 24.3 Å². The van der Waals surface area contributed by atoms with Gasteiger partial charge in [-0.3, -0.25) is 34.2 Å². The normalized spacial score (nSPS) is 42.0. The number of hydrogen-bond acceptors (Lipinski definition) is 16. The lowest BCUT2D eigenvalue weighted by Crippen LogP contribution is -2.70. The van der Waals surface area contributed by atoms with Crippen LogP contribution in [0.3, 0.4) is 0 Å². The van der Waals surface area contributed by atoms with Gasteiger partial charge >= 0.3 is 0 Å². The number of nitrogens with one attached hydrogen (secondary N) is 2. The monoisotopic (exact) mass is 1030 g/mol. The number of ether oxygens (including phenoxy) is 6. The molecule has 4 bridgehead atoms. The van der Waals surface area contributed by atoms with E-state index >= 15 is 0 Å². The first-order valence-electron chi connectivity index (χ1n) is 28.1. The maximum absolute atomic E-state index is 14.2. The molecule has 0 radical (unpaired) electrons. The van der Waals surface area contributed by atoms with E-state index in [0.717, 1.165) is 81.9 Å². The maximum atomic E-state index is 14.2. The van der Waals surface area contributed by atoms with Gasteiger partial charge < -0.3 is 38.6 Å². The number of carbonyl (C=O) groups excluding carboxylic acids is 5. The third-order valence-corrected chi connectivity index (χ3v) is 19.2. The number of nitrogens with zero attached hydrogens (tertiary/aromatic N) is 2. The molecule has 2 spiro atoms. The minimum Gasteiger partial charge on any atom is -0.384 e. The van der Waals surface area contributed by atoms with Crippen LogP contribution in [0.25, 0.3) is 0 Å². The van der Waals surface area contributed by atoms with Crippen LogP contribution >= 0.6 is 0 Å². The highest BCUT2D eigenvalue weighted by Crippen LogP contribution is 2.62. The minimum atomic E-state index is -1.02. The average Bonchev–Trinajstić information content (AvgIpc) is 3.59. The number of anilines is 1. The molecule has 1 aromatic carbocycles. The molecule has 12 aliphatic rings. The second-order valence-corrected chi connectivity index (χ2v) is 23.8. The van der Waals surface area contributed by atoms with Gasteiger partial charge in [0.15, 0.2) is 36.4 Å². The van der Waals surface area contributed by atoms with Crippen molar-refractivity contribution in [3.05, 3.63) is 29.3 Å². The van der Waals surface area contributed by atoms with E-state index in [4.69, 9.17) is 48.0 Å². The summed E-state index contributed by atoms with van der Waals surface area (Å²) in [6, 6.07) is 4.05. The Morgan fingerprint density at radius 1 is 0.703 bits per heavy atom. The van der Waals surface area contributed by atoms with Crippen LogP contribution in [0.4, 0.5) is 5.69 Å². The first-order valence-corrected chi connectivity index (χ1v) is 28.1. The Labute approximate surface area is 434 Å². The Morgan fingerprint density at radius 3 is 1.85 bits per heavy atom. The number of benzene rings is 1. The van der Waals surface area contributed by atoms with Gasteiger partial charge in [-0.05, 0) is 107 Å². The Bertz CT molecular complexity index is 2240. The first kappa shape index (κ1) is 52.4. The van der Waals surface area contributed by atoms with Crippen LogP contribution in [-0.2, 0) is 62.4 Å². The second-order valence-electron chi connectivity index (χ2n) is 23.8. The van der Waals surface area contributed by atoms with E-state index in [1.165, 1.54) is 0 Å². The van der Waals surface area contributed by atoms with Crippen LogP contribution in [-0.4, -0.2) is 126 Å². The predicted octanol–water partition coefficient (Wildman–Crippen LogP) is 7.12. The number of fused-ring (bicyclic) bond motifs is 5. The summed E-state index contributed by atoms with van der Waals surface area (Å²) in [6.07, 6.45) is 9.80. The van der Waals surface area contributed by atoms with Crippen LogP contribution in [0.2, 0.25) is 0 Å². The Morgan fingerprint density at radius 2 is 1.27 bits per heavy atom. The van der Waals surface area contributed by atoms with Crippen LogP contribution in [0.5, 0.6) is 0 Å². The summed E-state index contributed by atoms with van der Waals surface area (Å²) in [5.74, 6) is -2.23. The smallest absolute Gasteiger partial charge is 0.264 e. The van der Waals surface area contributed by atoms with E-state index < -0.39 is 77.6 Å². The fraction of sp³-hybridized carbons (Fsp3) is 0.800. The van der Waals surface area contributed by atoms with Gasteiger partial charge in [0, 0.05) is 74.7 Å². The number of carbonyl (C=O) groups is 5. The van der Waals surface area contributed by atoms with E-state index in [1.54, 1.807) is 18.2 Å². The minimum absolute atomic E-state index is 0.00264. The van der Waals surface area contributed by atoms with Crippen LogP contribution in [0.15, 0.2) is 18.2 Å². The molecule has 2 aliphatic carbocycles. The SMILES string of the molecule is C[C@@H]1CCC2[C@@H](C)[C@@H](OCCN(CCO[C@H]3O[C@@H]4O[C@@]5(C)CCC6[C@H](C)CCC([C@H]3C)[C@]64OO5)C(=O)CCCCCCCNc3cccc4c3C(=O)N(C3CCC(=O)NC3=O)C4=O)O[C@@H]3O[C@@]4(C)CCC1[C@@]23OO4. The molecular formula is C55H78N4O15. The van der Waals surface area contributed by atoms with Crippen molar-refractivity contribution in [1.29, 1.82) is 0 Å². The van der Waals surface area contributed by atoms with Crippen molar-refractivity contribution in [2.24, 2.45) is 47.3 Å². The molecule has 74 heavy (non-hydrogen) atoms. The molecule has 2 saturated carbocycles. The number of amides is 5. The quantitative estimate of drug-likeness (QED) is 0.0853. The van der Waals surface area contributed by atoms with Crippen molar-refractivity contribution in [2.45, 2.75) is 198 Å². The van der Waals surface area contributed by atoms with Gasteiger partial charge in [-0.1, -0.05) is 53.0 Å². The second kappa shape index (κ2) is 20.6. The van der Waals surface area contributed by atoms with Crippen LogP contribution < -0.4 is 10.6 Å². The zero-order valence-electron chi connectivity index (χ0n) is 44.1. The van der Waals surface area contributed by atoms with Crippen LogP contribution in [0.1, 0.15) is 165 Å². The van der Waals surface area contributed by atoms with Crippen molar-refractivity contribution in [1.82, 2.24) is 15.1 Å². The molecule has 17 atom stereocenters. The molecule has 5 amide bonds. The number of imide groups is 2. The molecule has 2 N–H and O–H groups in total. The molecule has 1 aromatic rings. The molecule has 10 heterocycles. The average molecular weight is 1040 g/mol. The molecule has 10 aliphatic heterocycles. The Hall–Kier alpha value is -3.63. The number of hydrogen-bond donors (Lipinski definition) is 2. The molecule has 9 saturated heterocycles. The van der Waals surface area contributed by atoms with E-state index in [1.807, 2.05) is 18.7 Å². The van der Waals surface area contributed by atoms with Gasteiger partial charge in [0.2, 0.25) is 29.3 Å². The standard InChI is InChI=1S/C55H78N4O15/c1-31-16-18-38-33(3)48(67-50-54(38)36(31)22-24-52(5,69-50)71-73-54)65-29-27-58(28-30-66-49-34(4)39-19-17-32(2)37-23-25-53(6)70-51(68-49)55(37,39)74-72-53)43(61)15-10-8-7-9-11-26-56-40-14-12-13-35-44(40)47(64)59(46(35)63)41-20-21-42(60)57-45(41)62/h12-14,31-34,36-39,41,48-51,56H,7-11,15-30H2,1-6H3,(H,57,60,62)/t31-,32-,33-,34-,36?,37?,38?,39?,41?,48+,49+,50-,51-,52-,53-,54-,55-/m1/s1. The zero-order valence-corrected chi connectivity index (χ0v) is 44.1. The van der Waals surface area contributed by atoms with Gasteiger partial charge in [-0.15, -0.1) is 0 Å². The molecule has 0 aromatic heterocycles. The maximum Gasteiger partial charge on any atom is 0.264 e. The van der Waals surface area contributed by atoms with Crippen molar-refractivity contribution in [3.8, 4) is 0 Å². The molecule has 19 nitrogen and oxygen atoms in total. The largest absolute Gasteiger partial charge is 0.384 e. The summed E-state index contributed by atoms with van der Waals surface area (Å²) in [7, 11) is 0. The Kier molecular flexibility index (Phi) is 14.6. The highest BCUT2D eigenvalue weighted by atomic mass is 17.3. The van der Waals surface area contributed by atoms with Gasteiger partial charge in [-0.2, -0.15) is 0 Å². The number of piperidine rings is 1. The van der Waals surface area contributed by atoms with Crippen molar-refractivity contribution in [3.63, 3.8) is 0 Å². The molecule has 408 valence electrons. The van der Waals surface area contributed by atoms with E-state index in [-0.39, 0.29) is 78.6 Å². The van der Waals surface area contributed by atoms with Crippen molar-refractivity contribution < 1.29 is 71.9 Å². The molecular weight excluding hydrogens is 957 g/mol. The summed E-state index contributed by atoms with van der Waals surface area (Å²) in [6.45, 7) is 14.6. The Balaban J connectivity index is 0.692. The highest BCUT2D eigenvalue weighted by Gasteiger charge is 2.71. The summed E-state index contributed by atoms with van der Waals surface area (Å²) in [5.41, 5.74) is -0.354. The summed E-state index contributed by atoms with van der Waals surface area (Å²) < 4.78 is 39.8. The van der Waals surface area contributed by atoms with Crippen molar-refractivity contribution >= 4 is 35.2 Å². The highest BCUT2D eigenvalue weighted by molar-refractivity contribution is 6.25. The van der Waals surface area contributed by atoms with Gasteiger partial charge in [0.1, 0.15) is 6.04 Å². The van der Waals surface area contributed by atoms with E-state index in [2.05, 4.69) is 38.3 Å². The van der Waals surface area contributed by atoms with Crippen LogP contribution in [0, 0.1) is 47.3 Å². The third kappa shape index (κ3) is 9.13. The lowest BCUT2D eigenvalue weighted by Gasteiger charge is -2.60. The predicted molar refractivity (Wildman–Crippen MR) is 261 cm³/mol. The molecule has 13 rings (SSSR count). The molecule has 5 unspecified atom stereocenters. The first-order chi connectivity index (χ1) is 35.6. The lowest BCUT2D eigenvalue weighted by atomic mass is 9.58. The third-order valence-electron chi connectivity index (χ3n) is 19.2. The number of unbranched alkanes of at least 4 members (excludes halogenated alkanes) is 4. The zero-order chi connectivity index (χ0) is 51.7. The fourth-order valence-electron chi connectivity index (χ4n) is 15.0. The summed E-state index contributed by atoms with van der Waals surface area (Å²) >= 11 is 0. The summed E-state index contributed by atoms with van der Waals surface area (Å²) in [5, 5.41) is 5.58. The van der Waals surface area contributed by atoms with Gasteiger partial charge in [0.25, 0.3) is 11.8 Å². The lowest BCUT2D eigenvalue weighted by molar-refractivity contribution is -0.577. The van der Waals surface area contributed by atoms with E-state index in [0.29, 0.717) is 50.0 Å². The van der Waals surface area contributed by atoms with Crippen molar-refractivity contribution in [2.75, 3.05) is 38.2 Å². The fourth-order valence-corrected chi connectivity index (χ4v) is 15.0. The van der Waals surface area contributed by atoms with Gasteiger partial charge in [-0.25, -0.2) is 19.6 Å². The summed E-state index contributed by atoms with van der Waals surface area (Å²) in [4.78, 5) is 92.9. The van der Waals surface area contributed by atoms with E-state index in [9.17, 15) is 24.0 Å². The molecule has 19 heteroatoms.